The molecule has 4 heteroatoms. The van der Waals surface area contributed by atoms with Gasteiger partial charge in [-0.1, -0.05) is 12.1 Å². The summed E-state index contributed by atoms with van der Waals surface area (Å²) in [6.07, 6.45) is 4.12. The summed E-state index contributed by atoms with van der Waals surface area (Å²) >= 11 is 0. The van der Waals surface area contributed by atoms with Crippen molar-refractivity contribution in [3.05, 3.63) is 29.8 Å². The van der Waals surface area contributed by atoms with Gasteiger partial charge in [-0.2, -0.15) is 0 Å². The molecular weight excluding hydrogens is 250 g/mol. The summed E-state index contributed by atoms with van der Waals surface area (Å²) in [4.78, 5) is 17.1. The van der Waals surface area contributed by atoms with E-state index in [2.05, 4.69) is 9.80 Å². The Labute approximate surface area is 120 Å². The Morgan fingerprint density at radius 2 is 1.90 bits per heavy atom. The summed E-state index contributed by atoms with van der Waals surface area (Å²) in [5, 5.41) is 0. The third kappa shape index (κ3) is 2.96. The largest absolute Gasteiger partial charge is 0.399 e. The standard InChI is InChI=1S/C16H23N3O/c17-14-6-4-13(5-7-14)11-16(20)19-10-2-9-18-8-1-3-15(18)12-19/h4-7,15H,1-3,8-12,17H2. The molecule has 0 radical (unpaired) electrons. The van der Waals surface area contributed by atoms with Gasteiger partial charge < -0.3 is 10.6 Å². The minimum Gasteiger partial charge on any atom is -0.399 e. The van der Waals surface area contributed by atoms with E-state index in [0.717, 1.165) is 37.3 Å². The molecule has 2 fully saturated rings. The second-order valence-electron chi connectivity index (χ2n) is 5.94. The minimum atomic E-state index is 0.253. The lowest BCUT2D eigenvalue weighted by Crippen LogP contribution is -2.40. The number of nitrogens with two attached hydrogens (primary N) is 1. The maximum absolute atomic E-state index is 12.5. The van der Waals surface area contributed by atoms with Crippen molar-refractivity contribution in [1.82, 2.24) is 9.80 Å². The van der Waals surface area contributed by atoms with E-state index in [1.54, 1.807) is 0 Å². The van der Waals surface area contributed by atoms with Crippen LogP contribution in [0.4, 0.5) is 5.69 Å². The molecule has 3 rings (SSSR count). The van der Waals surface area contributed by atoms with Crippen LogP contribution < -0.4 is 5.73 Å². The molecule has 2 aliphatic rings. The molecular formula is C16H23N3O. The number of carbonyl (C=O) groups is 1. The molecule has 1 unspecified atom stereocenters. The highest BCUT2D eigenvalue weighted by Crippen LogP contribution is 2.21. The molecule has 0 saturated carbocycles. The Morgan fingerprint density at radius 1 is 1.15 bits per heavy atom. The van der Waals surface area contributed by atoms with Crippen LogP contribution in [0.3, 0.4) is 0 Å². The lowest BCUT2D eigenvalue weighted by Gasteiger charge is -2.25. The normalized spacial score (nSPS) is 23.4. The molecule has 108 valence electrons. The first-order valence-electron chi connectivity index (χ1n) is 7.58. The van der Waals surface area contributed by atoms with E-state index in [1.807, 2.05) is 24.3 Å². The van der Waals surface area contributed by atoms with Gasteiger partial charge in [-0.15, -0.1) is 0 Å². The van der Waals surface area contributed by atoms with Gasteiger partial charge in [0.2, 0.25) is 5.91 Å². The number of anilines is 1. The summed E-state index contributed by atoms with van der Waals surface area (Å²) in [7, 11) is 0. The van der Waals surface area contributed by atoms with E-state index in [9.17, 15) is 4.79 Å². The number of nitrogen functional groups attached to an aromatic ring is 1. The Hall–Kier alpha value is -1.55. The smallest absolute Gasteiger partial charge is 0.227 e. The maximum Gasteiger partial charge on any atom is 0.227 e. The van der Waals surface area contributed by atoms with Gasteiger partial charge in [0.05, 0.1) is 6.42 Å². The van der Waals surface area contributed by atoms with E-state index >= 15 is 0 Å². The molecule has 20 heavy (non-hydrogen) atoms. The van der Waals surface area contributed by atoms with Crippen molar-refractivity contribution in [2.75, 3.05) is 31.9 Å². The van der Waals surface area contributed by atoms with Crippen LogP contribution >= 0.6 is 0 Å². The predicted molar refractivity (Wildman–Crippen MR) is 80.4 cm³/mol. The number of rotatable bonds is 2. The van der Waals surface area contributed by atoms with Gasteiger partial charge >= 0.3 is 0 Å². The van der Waals surface area contributed by atoms with Crippen LogP contribution in [0.2, 0.25) is 0 Å². The Morgan fingerprint density at radius 3 is 2.70 bits per heavy atom. The van der Waals surface area contributed by atoms with Crippen molar-refractivity contribution in [2.45, 2.75) is 31.7 Å². The average Bonchev–Trinajstić information content (AvgIpc) is 2.78. The first kappa shape index (κ1) is 13.4. The fourth-order valence-corrected chi connectivity index (χ4v) is 3.36. The highest BCUT2D eigenvalue weighted by molar-refractivity contribution is 5.79. The molecule has 0 aromatic heterocycles. The van der Waals surface area contributed by atoms with Crippen LogP contribution in [0.5, 0.6) is 0 Å². The molecule has 0 spiro atoms. The summed E-state index contributed by atoms with van der Waals surface area (Å²) in [5.74, 6) is 0.253. The molecule has 2 heterocycles. The number of carbonyl (C=O) groups excluding carboxylic acids is 1. The molecule has 2 aliphatic heterocycles. The van der Waals surface area contributed by atoms with E-state index in [1.165, 1.54) is 19.4 Å². The Bertz CT molecular complexity index is 471. The fourth-order valence-electron chi connectivity index (χ4n) is 3.36. The van der Waals surface area contributed by atoms with Gasteiger partial charge in [0, 0.05) is 31.4 Å². The van der Waals surface area contributed by atoms with Crippen molar-refractivity contribution < 1.29 is 4.79 Å². The molecule has 2 saturated heterocycles. The Kier molecular flexibility index (Phi) is 3.92. The third-order valence-electron chi connectivity index (χ3n) is 4.49. The topological polar surface area (TPSA) is 49.6 Å². The predicted octanol–water partition coefficient (Wildman–Crippen LogP) is 1.51. The molecule has 2 N–H and O–H groups in total. The second-order valence-corrected chi connectivity index (χ2v) is 5.94. The van der Waals surface area contributed by atoms with Gasteiger partial charge in [0.1, 0.15) is 0 Å². The monoisotopic (exact) mass is 273 g/mol. The number of hydrogen-bond acceptors (Lipinski definition) is 3. The number of benzene rings is 1. The van der Waals surface area contributed by atoms with Crippen LogP contribution in [-0.2, 0) is 11.2 Å². The molecule has 1 amide bonds. The molecule has 1 aromatic carbocycles. The summed E-state index contributed by atoms with van der Waals surface area (Å²) in [6, 6.07) is 8.22. The SMILES string of the molecule is Nc1ccc(CC(=O)N2CCCN3CCCC3C2)cc1. The highest BCUT2D eigenvalue weighted by Gasteiger charge is 2.30. The van der Waals surface area contributed by atoms with Gasteiger partial charge in [0.15, 0.2) is 0 Å². The minimum absolute atomic E-state index is 0.253. The van der Waals surface area contributed by atoms with Crippen LogP contribution in [0.15, 0.2) is 24.3 Å². The summed E-state index contributed by atoms with van der Waals surface area (Å²) in [6.45, 7) is 4.18. The number of fused-ring (bicyclic) bond motifs is 1. The highest BCUT2D eigenvalue weighted by atomic mass is 16.2. The summed E-state index contributed by atoms with van der Waals surface area (Å²) < 4.78 is 0. The molecule has 1 atom stereocenters. The molecule has 1 aromatic rings. The lowest BCUT2D eigenvalue weighted by atomic mass is 10.1. The second kappa shape index (κ2) is 5.83. The third-order valence-corrected chi connectivity index (χ3v) is 4.49. The fraction of sp³-hybridized carbons (Fsp3) is 0.562. The van der Waals surface area contributed by atoms with Gasteiger partial charge in [-0.25, -0.2) is 0 Å². The zero-order valence-electron chi connectivity index (χ0n) is 11.9. The Balaban J connectivity index is 1.62. The maximum atomic E-state index is 12.5. The van der Waals surface area contributed by atoms with E-state index in [0.29, 0.717) is 12.5 Å². The van der Waals surface area contributed by atoms with Crippen molar-refractivity contribution >= 4 is 11.6 Å². The van der Waals surface area contributed by atoms with E-state index in [-0.39, 0.29) is 5.91 Å². The number of amides is 1. The van der Waals surface area contributed by atoms with Gasteiger partial charge in [0.25, 0.3) is 0 Å². The number of hydrogen-bond donors (Lipinski definition) is 1. The first-order chi connectivity index (χ1) is 9.72. The van der Waals surface area contributed by atoms with Crippen LogP contribution in [0, 0.1) is 0 Å². The number of nitrogens with zero attached hydrogens (tertiary/aromatic N) is 2. The summed E-state index contributed by atoms with van der Waals surface area (Å²) in [5.41, 5.74) is 7.48. The van der Waals surface area contributed by atoms with Gasteiger partial charge in [-0.3, -0.25) is 9.69 Å². The van der Waals surface area contributed by atoms with Crippen molar-refractivity contribution in [3.8, 4) is 0 Å². The van der Waals surface area contributed by atoms with Crippen molar-refractivity contribution in [2.24, 2.45) is 0 Å². The quantitative estimate of drug-likeness (QED) is 0.831. The van der Waals surface area contributed by atoms with E-state index in [4.69, 9.17) is 5.73 Å². The van der Waals surface area contributed by atoms with Crippen LogP contribution in [0.25, 0.3) is 0 Å². The molecule has 4 nitrogen and oxygen atoms in total. The van der Waals surface area contributed by atoms with E-state index < -0.39 is 0 Å². The zero-order chi connectivity index (χ0) is 13.9. The van der Waals surface area contributed by atoms with Crippen molar-refractivity contribution in [3.63, 3.8) is 0 Å². The van der Waals surface area contributed by atoms with Crippen LogP contribution in [0.1, 0.15) is 24.8 Å². The lowest BCUT2D eigenvalue weighted by molar-refractivity contribution is -0.130. The van der Waals surface area contributed by atoms with Crippen LogP contribution in [-0.4, -0.2) is 47.9 Å². The van der Waals surface area contributed by atoms with Gasteiger partial charge in [-0.05, 0) is 43.5 Å². The first-order valence-corrected chi connectivity index (χ1v) is 7.58. The molecule has 0 aliphatic carbocycles. The zero-order valence-corrected chi connectivity index (χ0v) is 11.9. The molecule has 0 bridgehead atoms. The van der Waals surface area contributed by atoms with Crippen molar-refractivity contribution in [1.29, 1.82) is 0 Å². The average molecular weight is 273 g/mol.